The van der Waals surface area contributed by atoms with Crippen LogP contribution in [-0.2, 0) is 0 Å². The molecular formula is C15H12N2O. The molecule has 0 unspecified atom stereocenters. The fourth-order valence-electron chi connectivity index (χ4n) is 2.15. The molecule has 1 aromatic heterocycles. The molecule has 0 aliphatic carbocycles. The molecule has 0 saturated heterocycles. The van der Waals surface area contributed by atoms with Gasteiger partial charge in [-0.3, -0.25) is 4.79 Å². The molecule has 3 nitrogen and oxygen atoms in total. The molecule has 0 radical (unpaired) electrons. The standard InChI is InChI=1S/C15H12N2O/c16-15(18)12-7-3-2-6-11(12)14-9-10-5-1-4-8-13(10)17-14/h1-9,17H,(H2,16,18). The van der Waals surface area contributed by atoms with Crippen molar-refractivity contribution < 1.29 is 4.79 Å². The van der Waals surface area contributed by atoms with Gasteiger partial charge in [-0.25, -0.2) is 0 Å². The number of aromatic amines is 1. The van der Waals surface area contributed by atoms with Gasteiger partial charge in [-0.15, -0.1) is 0 Å². The van der Waals surface area contributed by atoms with E-state index in [1.165, 1.54) is 0 Å². The second-order valence-corrected chi connectivity index (χ2v) is 4.18. The number of hydrogen-bond donors (Lipinski definition) is 2. The van der Waals surface area contributed by atoms with Crippen LogP contribution in [-0.4, -0.2) is 10.9 Å². The molecule has 0 bridgehead atoms. The van der Waals surface area contributed by atoms with Gasteiger partial charge in [0.1, 0.15) is 0 Å². The van der Waals surface area contributed by atoms with E-state index in [0.717, 1.165) is 22.2 Å². The minimum Gasteiger partial charge on any atom is -0.366 e. The zero-order chi connectivity index (χ0) is 12.5. The molecule has 3 heteroatoms. The normalized spacial score (nSPS) is 10.7. The predicted molar refractivity (Wildman–Crippen MR) is 72.3 cm³/mol. The van der Waals surface area contributed by atoms with Gasteiger partial charge in [0.15, 0.2) is 0 Å². The zero-order valence-corrected chi connectivity index (χ0v) is 9.68. The van der Waals surface area contributed by atoms with Crippen LogP contribution in [0.2, 0.25) is 0 Å². The molecule has 0 saturated carbocycles. The lowest BCUT2D eigenvalue weighted by Gasteiger charge is -2.03. The van der Waals surface area contributed by atoms with E-state index in [-0.39, 0.29) is 0 Å². The maximum absolute atomic E-state index is 11.4. The number of H-pyrrole nitrogens is 1. The van der Waals surface area contributed by atoms with Gasteiger partial charge in [0, 0.05) is 27.7 Å². The Morgan fingerprint density at radius 1 is 1.00 bits per heavy atom. The summed E-state index contributed by atoms with van der Waals surface area (Å²) in [6.45, 7) is 0. The molecule has 3 N–H and O–H groups in total. The summed E-state index contributed by atoms with van der Waals surface area (Å²) in [6, 6.07) is 17.4. The Bertz CT molecular complexity index is 695. The molecule has 3 rings (SSSR count). The largest absolute Gasteiger partial charge is 0.366 e. The summed E-state index contributed by atoms with van der Waals surface area (Å²) in [5, 5.41) is 1.12. The Hall–Kier alpha value is -2.55. The van der Waals surface area contributed by atoms with E-state index in [1.54, 1.807) is 6.07 Å². The van der Waals surface area contributed by atoms with Crippen LogP contribution >= 0.6 is 0 Å². The van der Waals surface area contributed by atoms with Gasteiger partial charge < -0.3 is 10.7 Å². The quantitative estimate of drug-likeness (QED) is 0.706. The molecule has 0 atom stereocenters. The van der Waals surface area contributed by atoms with E-state index in [0.29, 0.717) is 5.56 Å². The van der Waals surface area contributed by atoms with Gasteiger partial charge in [0.2, 0.25) is 5.91 Å². The van der Waals surface area contributed by atoms with Crippen LogP contribution in [0.4, 0.5) is 0 Å². The summed E-state index contributed by atoms with van der Waals surface area (Å²) in [6.07, 6.45) is 0. The van der Waals surface area contributed by atoms with Crippen LogP contribution in [0, 0.1) is 0 Å². The minimum absolute atomic E-state index is 0.413. The number of carbonyl (C=O) groups excluding carboxylic acids is 1. The first-order valence-corrected chi connectivity index (χ1v) is 5.72. The lowest BCUT2D eigenvalue weighted by atomic mass is 10.0. The highest BCUT2D eigenvalue weighted by atomic mass is 16.1. The van der Waals surface area contributed by atoms with Gasteiger partial charge in [0.25, 0.3) is 0 Å². The van der Waals surface area contributed by atoms with Crippen LogP contribution in [0.3, 0.4) is 0 Å². The van der Waals surface area contributed by atoms with Crippen LogP contribution in [0.25, 0.3) is 22.2 Å². The Morgan fingerprint density at radius 3 is 2.50 bits per heavy atom. The third-order valence-electron chi connectivity index (χ3n) is 3.01. The monoisotopic (exact) mass is 236 g/mol. The number of nitrogens with two attached hydrogens (primary N) is 1. The Balaban J connectivity index is 2.23. The van der Waals surface area contributed by atoms with E-state index >= 15 is 0 Å². The summed E-state index contributed by atoms with van der Waals surface area (Å²) < 4.78 is 0. The van der Waals surface area contributed by atoms with Gasteiger partial charge in [0.05, 0.1) is 0 Å². The highest BCUT2D eigenvalue weighted by Gasteiger charge is 2.10. The van der Waals surface area contributed by atoms with Crippen LogP contribution in [0.5, 0.6) is 0 Å². The van der Waals surface area contributed by atoms with Crippen molar-refractivity contribution in [1.29, 1.82) is 0 Å². The number of fused-ring (bicyclic) bond motifs is 1. The molecule has 88 valence electrons. The summed E-state index contributed by atoms with van der Waals surface area (Å²) in [5.74, 6) is -0.413. The van der Waals surface area contributed by atoms with E-state index in [1.807, 2.05) is 48.5 Å². The zero-order valence-electron chi connectivity index (χ0n) is 9.68. The van der Waals surface area contributed by atoms with Crippen LogP contribution in [0.15, 0.2) is 54.6 Å². The number of hydrogen-bond acceptors (Lipinski definition) is 1. The number of carbonyl (C=O) groups is 1. The number of aromatic nitrogens is 1. The van der Waals surface area contributed by atoms with Crippen molar-refractivity contribution in [2.45, 2.75) is 0 Å². The first-order valence-electron chi connectivity index (χ1n) is 5.72. The Morgan fingerprint density at radius 2 is 1.72 bits per heavy atom. The van der Waals surface area contributed by atoms with Crippen molar-refractivity contribution in [2.75, 3.05) is 0 Å². The average molecular weight is 236 g/mol. The molecule has 18 heavy (non-hydrogen) atoms. The van der Waals surface area contributed by atoms with Gasteiger partial charge >= 0.3 is 0 Å². The lowest BCUT2D eigenvalue weighted by Crippen LogP contribution is -2.12. The highest BCUT2D eigenvalue weighted by Crippen LogP contribution is 2.26. The smallest absolute Gasteiger partial charge is 0.249 e. The van der Waals surface area contributed by atoms with E-state index < -0.39 is 5.91 Å². The lowest BCUT2D eigenvalue weighted by molar-refractivity contribution is 0.100. The van der Waals surface area contributed by atoms with Crippen molar-refractivity contribution >= 4 is 16.8 Å². The summed E-state index contributed by atoms with van der Waals surface area (Å²) in [4.78, 5) is 14.7. The molecule has 1 heterocycles. The average Bonchev–Trinajstić information content (AvgIpc) is 2.82. The topological polar surface area (TPSA) is 58.9 Å². The number of amides is 1. The Labute approximate surface area is 104 Å². The number of nitrogens with one attached hydrogen (secondary N) is 1. The summed E-state index contributed by atoms with van der Waals surface area (Å²) in [7, 11) is 0. The van der Waals surface area contributed by atoms with E-state index in [4.69, 9.17) is 5.73 Å². The third-order valence-corrected chi connectivity index (χ3v) is 3.01. The van der Waals surface area contributed by atoms with Crippen molar-refractivity contribution in [3.05, 3.63) is 60.2 Å². The molecule has 0 aliphatic rings. The molecule has 0 spiro atoms. The molecule has 0 fully saturated rings. The van der Waals surface area contributed by atoms with Crippen molar-refractivity contribution in [1.82, 2.24) is 4.98 Å². The van der Waals surface area contributed by atoms with Gasteiger partial charge in [-0.1, -0.05) is 36.4 Å². The minimum atomic E-state index is -0.413. The highest BCUT2D eigenvalue weighted by molar-refractivity contribution is 6.00. The number of para-hydroxylation sites is 1. The summed E-state index contributed by atoms with van der Waals surface area (Å²) in [5.41, 5.74) is 8.72. The molecule has 0 aliphatic heterocycles. The SMILES string of the molecule is NC(=O)c1ccccc1-c1cc2ccccc2[nH]1. The van der Waals surface area contributed by atoms with Crippen LogP contribution < -0.4 is 5.73 Å². The molecule has 3 aromatic rings. The Kier molecular flexibility index (Phi) is 2.38. The first kappa shape index (κ1) is 10.6. The predicted octanol–water partition coefficient (Wildman–Crippen LogP) is 2.93. The number of primary amides is 1. The number of rotatable bonds is 2. The second-order valence-electron chi connectivity index (χ2n) is 4.18. The van der Waals surface area contributed by atoms with Gasteiger partial charge in [-0.05, 0) is 18.2 Å². The maximum atomic E-state index is 11.4. The van der Waals surface area contributed by atoms with E-state index in [9.17, 15) is 4.79 Å². The fourth-order valence-corrected chi connectivity index (χ4v) is 2.15. The molecule has 2 aromatic carbocycles. The van der Waals surface area contributed by atoms with Crippen molar-refractivity contribution in [3.8, 4) is 11.3 Å². The molecule has 1 amide bonds. The second kappa shape index (κ2) is 4.04. The summed E-state index contributed by atoms with van der Waals surface area (Å²) >= 11 is 0. The number of benzene rings is 2. The van der Waals surface area contributed by atoms with Crippen molar-refractivity contribution in [3.63, 3.8) is 0 Å². The molecular weight excluding hydrogens is 224 g/mol. The first-order chi connectivity index (χ1) is 8.75. The third kappa shape index (κ3) is 1.66. The fraction of sp³-hybridized carbons (Fsp3) is 0. The van der Waals surface area contributed by atoms with Gasteiger partial charge in [-0.2, -0.15) is 0 Å². The van der Waals surface area contributed by atoms with Crippen LogP contribution in [0.1, 0.15) is 10.4 Å². The van der Waals surface area contributed by atoms with E-state index in [2.05, 4.69) is 4.98 Å². The maximum Gasteiger partial charge on any atom is 0.249 e. The van der Waals surface area contributed by atoms with Crippen molar-refractivity contribution in [2.24, 2.45) is 5.73 Å².